The topological polar surface area (TPSA) is 61.1 Å². The van der Waals surface area contributed by atoms with Gasteiger partial charge >= 0.3 is 0 Å². The van der Waals surface area contributed by atoms with Gasteiger partial charge in [-0.2, -0.15) is 11.8 Å². The first kappa shape index (κ1) is 20.3. The van der Waals surface area contributed by atoms with Crippen LogP contribution >= 0.6 is 11.8 Å². The summed E-state index contributed by atoms with van der Waals surface area (Å²) in [6.07, 6.45) is 4.84. The van der Waals surface area contributed by atoms with Gasteiger partial charge in [0.25, 0.3) is 0 Å². The molecule has 0 saturated carbocycles. The van der Waals surface area contributed by atoms with Crippen molar-refractivity contribution in [1.29, 1.82) is 0 Å². The first-order valence-corrected chi connectivity index (χ1v) is 11.3. The third-order valence-electron chi connectivity index (χ3n) is 5.37. The Morgan fingerprint density at radius 1 is 1.20 bits per heavy atom. The minimum Gasteiger partial charge on any atom is -0.497 e. The summed E-state index contributed by atoms with van der Waals surface area (Å²) in [4.78, 5) is 17.8. The van der Waals surface area contributed by atoms with Gasteiger partial charge in [-0.05, 0) is 54.8 Å². The molecule has 0 spiro atoms. The van der Waals surface area contributed by atoms with Crippen LogP contribution in [0.1, 0.15) is 18.3 Å². The molecular weight excluding hydrogens is 396 g/mol. The van der Waals surface area contributed by atoms with Crippen molar-refractivity contribution in [2.24, 2.45) is 7.05 Å². The van der Waals surface area contributed by atoms with Crippen LogP contribution in [0.3, 0.4) is 0 Å². The van der Waals surface area contributed by atoms with E-state index in [1.165, 1.54) is 0 Å². The normalized spacial score (nSPS) is 12.4. The number of nitrogens with zero attached hydrogens (tertiary/aromatic N) is 3. The monoisotopic (exact) mass is 422 g/mol. The lowest BCUT2D eigenvalue weighted by Gasteiger charge is -2.19. The zero-order chi connectivity index (χ0) is 21.1. The smallest absolute Gasteiger partial charge is 0.240 e. The molecule has 4 aromatic rings. The van der Waals surface area contributed by atoms with E-state index in [9.17, 15) is 4.79 Å². The molecule has 7 heteroatoms. The molecule has 0 radical (unpaired) electrons. The Labute approximate surface area is 180 Å². The van der Waals surface area contributed by atoms with Crippen LogP contribution in [0.15, 0.2) is 54.7 Å². The number of rotatable bonds is 8. The maximum absolute atomic E-state index is 13.0. The molecule has 0 aliphatic rings. The van der Waals surface area contributed by atoms with Crippen LogP contribution in [0, 0.1) is 0 Å². The molecule has 2 aromatic carbocycles. The number of thioether (sulfide) groups is 1. The minimum atomic E-state index is -0.135. The number of ether oxygens (including phenoxy) is 1. The Bertz CT molecular complexity index is 1180. The van der Waals surface area contributed by atoms with E-state index in [0.717, 1.165) is 45.7 Å². The molecule has 1 amide bonds. The molecule has 2 aromatic heterocycles. The summed E-state index contributed by atoms with van der Waals surface area (Å²) in [6.45, 7) is 0.259. The highest BCUT2D eigenvalue weighted by atomic mass is 32.2. The fourth-order valence-corrected chi connectivity index (χ4v) is 4.29. The standard InChI is InChI=1S/C23H26N4O2S/c1-26-21-7-5-4-6-18(21)25-23(26)19(11-13-30-3)24-22(28)15-27-12-10-16-14-17(29-2)8-9-20(16)27/h4-10,12,14,19H,11,13,15H2,1-3H3,(H,24,28)/t19-/m1/s1. The van der Waals surface area contributed by atoms with Crippen molar-refractivity contribution < 1.29 is 9.53 Å². The summed E-state index contributed by atoms with van der Waals surface area (Å²) < 4.78 is 9.33. The number of imidazole rings is 1. The molecule has 0 aliphatic heterocycles. The molecule has 30 heavy (non-hydrogen) atoms. The van der Waals surface area contributed by atoms with Gasteiger partial charge in [0, 0.05) is 24.1 Å². The summed E-state index contributed by atoms with van der Waals surface area (Å²) in [5.41, 5.74) is 3.03. The maximum Gasteiger partial charge on any atom is 0.240 e. The van der Waals surface area contributed by atoms with Crippen molar-refractivity contribution in [3.63, 3.8) is 0 Å². The minimum absolute atomic E-state index is 0.0264. The second kappa shape index (κ2) is 8.83. The van der Waals surface area contributed by atoms with Gasteiger partial charge in [-0.15, -0.1) is 0 Å². The fourth-order valence-electron chi connectivity index (χ4n) is 3.82. The van der Waals surface area contributed by atoms with Crippen molar-refractivity contribution in [3.05, 3.63) is 60.6 Å². The Balaban J connectivity index is 1.56. The molecule has 0 unspecified atom stereocenters. The number of fused-ring (bicyclic) bond motifs is 2. The van der Waals surface area contributed by atoms with Crippen molar-refractivity contribution in [3.8, 4) is 5.75 Å². The molecule has 2 heterocycles. The molecule has 0 fully saturated rings. The number of methoxy groups -OCH3 is 1. The number of para-hydroxylation sites is 2. The molecule has 0 saturated heterocycles. The van der Waals surface area contributed by atoms with Gasteiger partial charge in [-0.25, -0.2) is 4.98 Å². The molecular formula is C23H26N4O2S. The summed E-state index contributed by atoms with van der Waals surface area (Å²) in [5.74, 6) is 2.62. The summed E-state index contributed by atoms with van der Waals surface area (Å²) >= 11 is 1.77. The number of aryl methyl sites for hydroxylation is 1. The van der Waals surface area contributed by atoms with Gasteiger partial charge in [0.15, 0.2) is 0 Å². The Morgan fingerprint density at radius 2 is 2.03 bits per heavy atom. The average molecular weight is 423 g/mol. The van der Waals surface area contributed by atoms with E-state index in [1.807, 2.05) is 60.3 Å². The highest BCUT2D eigenvalue weighted by Gasteiger charge is 2.21. The lowest BCUT2D eigenvalue weighted by Crippen LogP contribution is -2.33. The predicted molar refractivity (Wildman–Crippen MR) is 123 cm³/mol. The highest BCUT2D eigenvalue weighted by Crippen LogP contribution is 2.24. The van der Waals surface area contributed by atoms with Crippen LogP contribution in [0.2, 0.25) is 0 Å². The first-order chi connectivity index (χ1) is 14.6. The number of hydrogen-bond donors (Lipinski definition) is 1. The van der Waals surface area contributed by atoms with Crippen LogP contribution in [0.5, 0.6) is 5.75 Å². The van der Waals surface area contributed by atoms with Crippen LogP contribution in [0.4, 0.5) is 0 Å². The van der Waals surface area contributed by atoms with Crippen LogP contribution in [-0.4, -0.2) is 39.1 Å². The molecule has 156 valence electrons. The third-order valence-corrected chi connectivity index (χ3v) is 6.02. The van der Waals surface area contributed by atoms with E-state index in [2.05, 4.69) is 22.2 Å². The summed E-state index contributed by atoms with van der Waals surface area (Å²) in [5, 5.41) is 4.27. The van der Waals surface area contributed by atoms with Gasteiger partial charge in [0.05, 0.1) is 24.2 Å². The van der Waals surface area contributed by atoms with E-state index in [-0.39, 0.29) is 18.5 Å². The number of carbonyl (C=O) groups excluding carboxylic acids is 1. The average Bonchev–Trinajstić information content (AvgIpc) is 3.31. The number of amides is 1. The molecule has 0 bridgehead atoms. The van der Waals surface area contributed by atoms with Crippen molar-refractivity contribution in [2.75, 3.05) is 19.1 Å². The van der Waals surface area contributed by atoms with Crippen LogP contribution in [-0.2, 0) is 18.4 Å². The van der Waals surface area contributed by atoms with Gasteiger partial charge in [-0.3, -0.25) is 4.79 Å². The highest BCUT2D eigenvalue weighted by molar-refractivity contribution is 7.98. The predicted octanol–water partition coefficient (Wildman–Crippen LogP) is 4.15. The van der Waals surface area contributed by atoms with E-state index in [1.54, 1.807) is 18.9 Å². The van der Waals surface area contributed by atoms with E-state index < -0.39 is 0 Å². The SMILES string of the molecule is COc1ccc2c(ccn2CC(=O)N[C@H](CCSC)c2nc3ccccc3n2C)c1. The van der Waals surface area contributed by atoms with Gasteiger partial charge in [0.2, 0.25) is 5.91 Å². The number of carbonyl (C=O) groups is 1. The molecule has 1 atom stereocenters. The summed E-state index contributed by atoms with van der Waals surface area (Å²) in [7, 11) is 3.66. The van der Waals surface area contributed by atoms with Crippen molar-refractivity contribution in [1.82, 2.24) is 19.4 Å². The van der Waals surface area contributed by atoms with E-state index in [4.69, 9.17) is 9.72 Å². The quantitative estimate of drug-likeness (QED) is 0.463. The molecule has 4 rings (SSSR count). The van der Waals surface area contributed by atoms with Crippen LogP contribution in [0.25, 0.3) is 21.9 Å². The number of hydrogen-bond acceptors (Lipinski definition) is 4. The lowest BCUT2D eigenvalue weighted by molar-refractivity contribution is -0.122. The van der Waals surface area contributed by atoms with E-state index >= 15 is 0 Å². The number of aromatic nitrogens is 3. The second-order valence-corrected chi connectivity index (χ2v) is 8.27. The number of nitrogens with one attached hydrogen (secondary N) is 1. The van der Waals surface area contributed by atoms with Crippen LogP contribution < -0.4 is 10.1 Å². The van der Waals surface area contributed by atoms with Gasteiger partial charge in [0.1, 0.15) is 18.1 Å². The molecule has 0 aliphatic carbocycles. The lowest BCUT2D eigenvalue weighted by atomic mass is 10.2. The van der Waals surface area contributed by atoms with Crippen molar-refractivity contribution in [2.45, 2.75) is 19.0 Å². The Hall–Kier alpha value is -2.93. The van der Waals surface area contributed by atoms with Gasteiger partial charge < -0.3 is 19.2 Å². The number of benzene rings is 2. The second-order valence-electron chi connectivity index (χ2n) is 7.29. The summed E-state index contributed by atoms with van der Waals surface area (Å²) in [6, 6.07) is 15.8. The fraction of sp³-hybridized carbons (Fsp3) is 0.304. The van der Waals surface area contributed by atoms with E-state index in [0.29, 0.717) is 0 Å². The largest absolute Gasteiger partial charge is 0.497 e. The third kappa shape index (κ3) is 4.03. The zero-order valence-electron chi connectivity index (χ0n) is 17.5. The zero-order valence-corrected chi connectivity index (χ0v) is 18.3. The first-order valence-electron chi connectivity index (χ1n) is 9.93. The maximum atomic E-state index is 13.0. The van der Waals surface area contributed by atoms with Crippen molar-refractivity contribution >= 4 is 39.6 Å². The Morgan fingerprint density at radius 3 is 2.80 bits per heavy atom. The molecule has 6 nitrogen and oxygen atoms in total. The molecule has 1 N–H and O–H groups in total. The Kier molecular flexibility index (Phi) is 5.99. The van der Waals surface area contributed by atoms with Gasteiger partial charge in [-0.1, -0.05) is 12.1 Å².